The van der Waals surface area contributed by atoms with Gasteiger partial charge in [-0.15, -0.1) is 0 Å². The van der Waals surface area contributed by atoms with Crippen LogP contribution in [0.15, 0.2) is 42.7 Å². The molecule has 1 heterocycles. The Balaban J connectivity index is 1.58. The van der Waals surface area contributed by atoms with Crippen LogP contribution in [0.5, 0.6) is 0 Å². The Morgan fingerprint density at radius 1 is 1.30 bits per heavy atom. The molecule has 1 aliphatic carbocycles. The lowest BCUT2D eigenvalue weighted by atomic mass is 10.00. The minimum absolute atomic E-state index is 0.348. The lowest BCUT2D eigenvalue weighted by molar-refractivity contribution is 0.282. The molecule has 0 fully saturated rings. The number of hydrogen-bond acceptors (Lipinski definition) is 7. The van der Waals surface area contributed by atoms with E-state index in [1.165, 1.54) is 34.7 Å². The second-order valence-corrected chi connectivity index (χ2v) is 8.39. The van der Waals surface area contributed by atoms with Gasteiger partial charge in [0.1, 0.15) is 11.9 Å². The van der Waals surface area contributed by atoms with Crippen molar-refractivity contribution in [2.45, 2.75) is 39.0 Å². The molecule has 1 aromatic carbocycles. The number of fused-ring (bicyclic) bond motifs is 1. The minimum atomic E-state index is 0.348. The fourth-order valence-electron chi connectivity index (χ4n) is 4.16. The fourth-order valence-corrected chi connectivity index (χ4v) is 4.16. The summed E-state index contributed by atoms with van der Waals surface area (Å²) in [7, 11) is 0. The number of hydrogen-bond donors (Lipinski definition) is 4. The Hall–Kier alpha value is -3.63. The van der Waals surface area contributed by atoms with Crippen LogP contribution in [0.1, 0.15) is 48.4 Å². The highest BCUT2D eigenvalue weighted by Crippen LogP contribution is 2.36. The molecule has 1 aliphatic rings. The zero-order valence-electron chi connectivity index (χ0n) is 19.3. The topological polar surface area (TPSA) is 128 Å². The Morgan fingerprint density at radius 3 is 2.82 bits per heavy atom. The number of nitrogens with one attached hydrogen (secondary N) is 2. The van der Waals surface area contributed by atoms with Gasteiger partial charge in [0.25, 0.3) is 0 Å². The molecule has 0 bridgehead atoms. The summed E-state index contributed by atoms with van der Waals surface area (Å²) < 4.78 is 0. The molecule has 0 saturated heterocycles. The number of pyridine rings is 1. The molecule has 7 nitrogen and oxygen atoms in total. The minimum Gasteiger partial charge on any atom is -0.398 e. The molecule has 0 atom stereocenters. The third-order valence-corrected chi connectivity index (χ3v) is 6.11. The van der Waals surface area contributed by atoms with Crippen molar-refractivity contribution in [3.05, 3.63) is 65.0 Å². The average Bonchev–Trinajstić information content (AvgIpc) is 3.20. The van der Waals surface area contributed by atoms with Crippen LogP contribution >= 0.6 is 0 Å². The number of benzene rings is 1. The predicted octanol–water partition coefficient (Wildman–Crippen LogP) is 4.37. The Kier molecular flexibility index (Phi) is 8.22. The quantitative estimate of drug-likeness (QED) is 0.302. The van der Waals surface area contributed by atoms with E-state index in [1.807, 2.05) is 6.07 Å². The van der Waals surface area contributed by atoms with Gasteiger partial charge in [-0.25, -0.2) is 4.98 Å². The van der Waals surface area contributed by atoms with E-state index < -0.39 is 0 Å². The summed E-state index contributed by atoms with van der Waals surface area (Å²) in [4.78, 5) is 6.60. The van der Waals surface area contributed by atoms with Crippen LogP contribution in [-0.2, 0) is 12.8 Å². The lowest BCUT2D eigenvalue weighted by Crippen LogP contribution is -2.28. The largest absolute Gasteiger partial charge is 0.398 e. The van der Waals surface area contributed by atoms with Crippen molar-refractivity contribution in [2.75, 3.05) is 36.4 Å². The van der Waals surface area contributed by atoms with Gasteiger partial charge in [-0.2, -0.15) is 5.26 Å². The van der Waals surface area contributed by atoms with Gasteiger partial charge in [0.15, 0.2) is 0 Å². The Labute approximate surface area is 196 Å². The molecule has 0 unspecified atom stereocenters. The van der Waals surface area contributed by atoms with E-state index in [1.54, 1.807) is 12.3 Å². The third kappa shape index (κ3) is 5.99. The van der Waals surface area contributed by atoms with Crippen LogP contribution in [0.4, 0.5) is 17.2 Å². The molecular formula is C26H33N7. The molecule has 0 saturated carbocycles. The van der Waals surface area contributed by atoms with Crippen molar-refractivity contribution in [3.63, 3.8) is 0 Å². The maximum atomic E-state index is 8.97. The van der Waals surface area contributed by atoms with E-state index in [4.69, 9.17) is 22.1 Å². The average molecular weight is 444 g/mol. The van der Waals surface area contributed by atoms with Crippen LogP contribution in [0.3, 0.4) is 0 Å². The number of nitrogen functional groups attached to an aromatic ring is 2. The number of aromatic nitrogens is 1. The van der Waals surface area contributed by atoms with Crippen LogP contribution in [0.2, 0.25) is 0 Å². The van der Waals surface area contributed by atoms with Crippen molar-refractivity contribution in [1.82, 2.24) is 9.88 Å². The fraction of sp³-hybridized carbons (Fsp3) is 0.346. The molecule has 0 aliphatic heterocycles. The molecule has 7 heteroatoms. The van der Waals surface area contributed by atoms with Gasteiger partial charge in [-0.3, -0.25) is 0 Å². The molecule has 3 rings (SSSR count). The van der Waals surface area contributed by atoms with Crippen LogP contribution < -0.4 is 16.8 Å². The summed E-state index contributed by atoms with van der Waals surface area (Å²) in [5, 5.41) is 19.8. The van der Waals surface area contributed by atoms with Gasteiger partial charge >= 0.3 is 0 Å². The van der Waals surface area contributed by atoms with E-state index in [0.717, 1.165) is 63.0 Å². The predicted molar refractivity (Wildman–Crippen MR) is 137 cm³/mol. The summed E-state index contributed by atoms with van der Waals surface area (Å²) in [6, 6.07) is 7.95. The highest BCUT2D eigenvalue weighted by atomic mass is 15.1. The van der Waals surface area contributed by atoms with Crippen LogP contribution in [0, 0.1) is 16.7 Å². The summed E-state index contributed by atoms with van der Waals surface area (Å²) in [6.45, 7) is 9.09. The first-order chi connectivity index (χ1) is 16.0. The number of nitrogens with two attached hydrogens (primary N) is 2. The first kappa shape index (κ1) is 24.0. The lowest BCUT2D eigenvalue weighted by Gasteiger charge is -2.22. The van der Waals surface area contributed by atoms with Crippen LogP contribution in [-0.4, -0.2) is 35.7 Å². The SMILES string of the molecule is C=C1CCc2c1ccc(CCN(CCC)CC/C(C=N)=C/Nc1cc(N)c(C#N)cn1)c2N. The van der Waals surface area contributed by atoms with Crippen molar-refractivity contribution >= 4 is 29.0 Å². The van der Waals surface area contributed by atoms with Gasteiger partial charge in [0, 0.05) is 43.5 Å². The summed E-state index contributed by atoms with van der Waals surface area (Å²) in [5.74, 6) is 0.547. The molecule has 33 heavy (non-hydrogen) atoms. The highest BCUT2D eigenvalue weighted by molar-refractivity contribution is 5.77. The Morgan fingerprint density at radius 2 is 2.12 bits per heavy atom. The second kappa shape index (κ2) is 11.3. The van der Waals surface area contributed by atoms with Crippen molar-refractivity contribution in [1.29, 1.82) is 10.7 Å². The molecule has 6 N–H and O–H groups in total. The van der Waals surface area contributed by atoms with E-state index in [-0.39, 0.29) is 0 Å². The zero-order chi connectivity index (χ0) is 23.8. The molecular weight excluding hydrogens is 410 g/mol. The molecule has 1 aromatic heterocycles. The number of nitriles is 1. The summed E-state index contributed by atoms with van der Waals surface area (Å²) in [5.41, 5.74) is 19.7. The van der Waals surface area contributed by atoms with E-state index in [0.29, 0.717) is 17.1 Å². The van der Waals surface area contributed by atoms with E-state index in [9.17, 15) is 0 Å². The second-order valence-electron chi connectivity index (χ2n) is 8.39. The summed E-state index contributed by atoms with van der Waals surface area (Å²) in [6.07, 6.45) is 9.28. The zero-order valence-corrected chi connectivity index (χ0v) is 19.3. The number of allylic oxidation sites excluding steroid dienone is 1. The summed E-state index contributed by atoms with van der Waals surface area (Å²) >= 11 is 0. The molecule has 0 amide bonds. The van der Waals surface area contributed by atoms with Gasteiger partial charge < -0.3 is 27.1 Å². The third-order valence-electron chi connectivity index (χ3n) is 6.11. The Bertz CT molecular complexity index is 1090. The molecule has 2 aromatic rings. The van der Waals surface area contributed by atoms with Crippen LogP contribution in [0.25, 0.3) is 5.57 Å². The molecule has 0 spiro atoms. The molecule has 0 radical (unpaired) electrons. The van der Waals surface area contributed by atoms with Crippen molar-refractivity contribution in [2.24, 2.45) is 0 Å². The van der Waals surface area contributed by atoms with Gasteiger partial charge in [0.05, 0.1) is 11.3 Å². The van der Waals surface area contributed by atoms with Crippen molar-refractivity contribution < 1.29 is 0 Å². The van der Waals surface area contributed by atoms with E-state index >= 15 is 0 Å². The van der Waals surface area contributed by atoms with Crippen molar-refractivity contribution in [3.8, 4) is 6.07 Å². The smallest absolute Gasteiger partial charge is 0.131 e. The van der Waals surface area contributed by atoms with E-state index in [2.05, 4.69) is 40.8 Å². The van der Waals surface area contributed by atoms with Gasteiger partial charge in [0.2, 0.25) is 0 Å². The normalized spacial score (nSPS) is 13.1. The van der Waals surface area contributed by atoms with Gasteiger partial charge in [-0.05, 0) is 66.5 Å². The standard InChI is InChI=1S/C26H33N7/c1-3-10-33(12-9-20-5-7-22-18(2)4-6-23(22)26(20)30)11-8-19(14-27)16-31-25-13-24(29)21(15-28)17-32-25/h5,7,13-14,16-17,27H,2-4,6,8-12,30H2,1H3,(H3,29,31,32)/b19-16-,27-14?. The first-order valence-corrected chi connectivity index (χ1v) is 11.4. The first-order valence-electron chi connectivity index (χ1n) is 11.4. The number of anilines is 3. The van der Waals surface area contributed by atoms with Gasteiger partial charge in [-0.1, -0.05) is 25.6 Å². The highest BCUT2D eigenvalue weighted by Gasteiger charge is 2.19. The molecule has 172 valence electrons. The monoisotopic (exact) mass is 443 g/mol. The maximum absolute atomic E-state index is 8.97. The number of nitrogens with zero attached hydrogens (tertiary/aromatic N) is 3. The maximum Gasteiger partial charge on any atom is 0.131 e. The number of rotatable bonds is 11.